The number of aliphatic hydroxyl groups is 1. The Bertz CT molecular complexity index is 190. The van der Waals surface area contributed by atoms with Crippen molar-refractivity contribution < 1.29 is 5.11 Å². The minimum Gasteiger partial charge on any atom is -0.393 e. The van der Waals surface area contributed by atoms with Gasteiger partial charge in [-0.15, -0.1) is 0 Å². The minimum atomic E-state index is -0.00127. The first-order chi connectivity index (χ1) is 6.12. The summed E-state index contributed by atoms with van der Waals surface area (Å²) in [6.07, 6.45) is 7.55. The van der Waals surface area contributed by atoms with Crippen molar-refractivity contribution in [3.05, 3.63) is 0 Å². The maximum Gasteiger partial charge on any atom is 0.0543 e. The summed E-state index contributed by atoms with van der Waals surface area (Å²) in [7, 11) is 0. The van der Waals surface area contributed by atoms with Gasteiger partial charge in [-0.05, 0) is 42.9 Å². The molecule has 0 bridgehead atoms. The fourth-order valence-corrected chi connectivity index (χ4v) is 3.64. The van der Waals surface area contributed by atoms with Crippen LogP contribution in [0.5, 0.6) is 0 Å². The van der Waals surface area contributed by atoms with Crippen molar-refractivity contribution >= 4 is 0 Å². The SMILES string of the molecule is C[C@H]1CCC[C@@]2(C)CCC(O)CC12. The predicted molar refractivity (Wildman–Crippen MR) is 54.5 cm³/mol. The molecule has 0 heterocycles. The van der Waals surface area contributed by atoms with Gasteiger partial charge in [0.15, 0.2) is 0 Å². The van der Waals surface area contributed by atoms with Crippen LogP contribution < -0.4 is 0 Å². The normalized spacial score (nSPS) is 51.5. The van der Waals surface area contributed by atoms with Crippen LogP contribution in [0, 0.1) is 17.3 Å². The second-order valence-corrected chi connectivity index (χ2v) is 5.56. The predicted octanol–water partition coefficient (Wildman–Crippen LogP) is 2.97. The molecule has 0 aliphatic heterocycles. The fourth-order valence-electron chi connectivity index (χ4n) is 3.64. The third-order valence-corrected chi connectivity index (χ3v) is 4.56. The summed E-state index contributed by atoms with van der Waals surface area (Å²) in [5.74, 6) is 1.64. The summed E-state index contributed by atoms with van der Waals surface area (Å²) >= 11 is 0. The lowest BCUT2D eigenvalue weighted by molar-refractivity contribution is -0.0341. The highest BCUT2D eigenvalue weighted by atomic mass is 16.3. The molecule has 2 unspecified atom stereocenters. The summed E-state index contributed by atoms with van der Waals surface area (Å²) in [5.41, 5.74) is 0.566. The zero-order chi connectivity index (χ0) is 9.47. The van der Waals surface area contributed by atoms with E-state index in [0.29, 0.717) is 5.41 Å². The van der Waals surface area contributed by atoms with Gasteiger partial charge in [0.1, 0.15) is 0 Å². The van der Waals surface area contributed by atoms with E-state index < -0.39 is 0 Å². The molecule has 0 spiro atoms. The van der Waals surface area contributed by atoms with E-state index in [9.17, 15) is 5.11 Å². The summed E-state index contributed by atoms with van der Waals surface area (Å²) in [4.78, 5) is 0. The van der Waals surface area contributed by atoms with Gasteiger partial charge in [-0.3, -0.25) is 0 Å². The van der Waals surface area contributed by atoms with Crippen molar-refractivity contribution in [2.24, 2.45) is 17.3 Å². The lowest BCUT2D eigenvalue weighted by Gasteiger charge is -2.49. The molecule has 4 atom stereocenters. The van der Waals surface area contributed by atoms with E-state index >= 15 is 0 Å². The number of aliphatic hydroxyl groups excluding tert-OH is 1. The van der Waals surface area contributed by atoms with Gasteiger partial charge in [-0.2, -0.15) is 0 Å². The first-order valence-corrected chi connectivity index (χ1v) is 5.80. The molecule has 2 fully saturated rings. The Kier molecular flexibility index (Phi) is 2.39. The monoisotopic (exact) mass is 182 g/mol. The summed E-state index contributed by atoms with van der Waals surface area (Å²) in [6, 6.07) is 0. The highest BCUT2D eigenvalue weighted by Gasteiger charge is 2.43. The van der Waals surface area contributed by atoms with Crippen LogP contribution >= 0.6 is 0 Å². The third-order valence-electron chi connectivity index (χ3n) is 4.56. The highest BCUT2D eigenvalue weighted by molar-refractivity contribution is 4.94. The molecule has 2 aliphatic carbocycles. The van der Waals surface area contributed by atoms with E-state index in [1.807, 2.05) is 0 Å². The molecule has 0 aromatic rings. The van der Waals surface area contributed by atoms with Crippen LogP contribution in [0.4, 0.5) is 0 Å². The van der Waals surface area contributed by atoms with Gasteiger partial charge < -0.3 is 5.11 Å². The number of hydrogen-bond acceptors (Lipinski definition) is 1. The minimum absolute atomic E-state index is 0.00127. The van der Waals surface area contributed by atoms with Crippen molar-refractivity contribution in [2.45, 2.75) is 58.5 Å². The van der Waals surface area contributed by atoms with Crippen molar-refractivity contribution in [1.82, 2.24) is 0 Å². The van der Waals surface area contributed by atoms with Gasteiger partial charge >= 0.3 is 0 Å². The van der Waals surface area contributed by atoms with Crippen LogP contribution in [0.1, 0.15) is 52.4 Å². The number of fused-ring (bicyclic) bond motifs is 1. The average Bonchev–Trinajstić information content (AvgIpc) is 2.08. The molecule has 2 aliphatic rings. The molecule has 1 N–H and O–H groups in total. The molecular formula is C12H22O. The molecule has 13 heavy (non-hydrogen) atoms. The average molecular weight is 182 g/mol. The van der Waals surface area contributed by atoms with Gasteiger partial charge in [0, 0.05) is 0 Å². The van der Waals surface area contributed by atoms with Gasteiger partial charge in [0.05, 0.1) is 6.10 Å². The van der Waals surface area contributed by atoms with Crippen LogP contribution in [-0.4, -0.2) is 11.2 Å². The molecule has 2 rings (SSSR count). The number of rotatable bonds is 0. The summed E-state index contributed by atoms with van der Waals surface area (Å²) in [5, 5.41) is 9.68. The molecule has 0 aromatic heterocycles. The van der Waals surface area contributed by atoms with Gasteiger partial charge in [0.25, 0.3) is 0 Å². The number of hydrogen-bond donors (Lipinski definition) is 1. The molecule has 76 valence electrons. The molecule has 0 amide bonds. The Labute approximate surface area is 81.5 Å². The molecule has 1 heteroatoms. The van der Waals surface area contributed by atoms with Gasteiger partial charge in [0.2, 0.25) is 0 Å². The van der Waals surface area contributed by atoms with Crippen molar-refractivity contribution in [1.29, 1.82) is 0 Å². The van der Waals surface area contributed by atoms with Crippen LogP contribution in [0.15, 0.2) is 0 Å². The molecule has 2 saturated carbocycles. The van der Waals surface area contributed by atoms with Crippen LogP contribution in [0.2, 0.25) is 0 Å². The Morgan fingerprint density at radius 3 is 2.77 bits per heavy atom. The summed E-state index contributed by atoms with van der Waals surface area (Å²) in [6.45, 7) is 4.82. The first-order valence-electron chi connectivity index (χ1n) is 5.80. The zero-order valence-electron chi connectivity index (χ0n) is 8.92. The Morgan fingerprint density at radius 2 is 2.00 bits per heavy atom. The van der Waals surface area contributed by atoms with E-state index in [1.165, 1.54) is 25.7 Å². The van der Waals surface area contributed by atoms with Gasteiger partial charge in [-0.25, -0.2) is 0 Å². The lowest BCUT2D eigenvalue weighted by atomic mass is 9.56. The molecule has 0 saturated heterocycles. The molecular weight excluding hydrogens is 160 g/mol. The Morgan fingerprint density at radius 1 is 1.23 bits per heavy atom. The molecule has 1 nitrogen and oxygen atoms in total. The topological polar surface area (TPSA) is 20.2 Å². The van der Waals surface area contributed by atoms with Crippen molar-refractivity contribution in [3.8, 4) is 0 Å². The second kappa shape index (κ2) is 3.27. The van der Waals surface area contributed by atoms with Crippen LogP contribution in [-0.2, 0) is 0 Å². The summed E-state index contributed by atoms with van der Waals surface area (Å²) < 4.78 is 0. The van der Waals surface area contributed by atoms with Gasteiger partial charge in [-0.1, -0.05) is 26.7 Å². The maximum atomic E-state index is 9.68. The van der Waals surface area contributed by atoms with E-state index in [0.717, 1.165) is 24.7 Å². The lowest BCUT2D eigenvalue weighted by Crippen LogP contribution is -2.42. The Hall–Kier alpha value is -0.0400. The van der Waals surface area contributed by atoms with E-state index in [4.69, 9.17) is 0 Å². The van der Waals surface area contributed by atoms with E-state index in [1.54, 1.807) is 0 Å². The first kappa shape index (κ1) is 9.51. The fraction of sp³-hybridized carbons (Fsp3) is 1.00. The second-order valence-electron chi connectivity index (χ2n) is 5.56. The van der Waals surface area contributed by atoms with Crippen molar-refractivity contribution in [3.63, 3.8) is 0 Å². The van der Waals surface area contributed by atoms with Crippen LogP contribution in [0.25, 0.3) is 0 Å². The third kappa shape index (κ3) is 1.63. The highest BCUT2D eigenvalue weighted by Crippen LogP contribution is 2.52. The molecule has 0 radical (unpaired) electrons. The zero-order valence-corrected chi connectivity index (χ0v) is 8.92. The smallest absolute Gasteiger partial charge is 0.0543 e. The largest absolute Gasteiger partial charge is 0.393 e. The van der Waals surface area contributed by atoms with E-state index in [2.05, 4.69) is 13.8 Å². The molecule has 0 aromatic carbocycles. The maximum absolute atomic E-state index is 9.68. The standard InChI is InChI=1S/C12H22O/c1-9-4-3-6-12(2)7-5-10(13)8-11(9)12/h9-11,13H,3-8H2,1-2H3/t9-,10?,11?,12-/m0/s1. The van der Waals surface area contributed by atoms with Crippen LogP contribution in [0.3, 0.4) is 0 Å². The Balaban J connectivity index is 2.13. The van der Waals surface area contributed by atoms with Crippen molar-refractivity contribution in [2.75, 3.05) is 0 Å². The quantitative estimate of drug-likeness (QED) is 0.610. The van der Waals surface area contributed by atoms with E-state index in [-0.39, 0.29) is 6.10 Å².